The summed E-state index contributed by atoms with van der Waals surface area (Å²) in [4.78, 5) is 14.9. The lowest BCUT2D eigenvalue weighted by atomic mass is 9.49. The molecule has 0 amide bonds. The van der Waals surface area contributed by atoms with Gasteiger partial charge in [0.05, 0.1) is 33.6 Å². The molecule has 7 rings (SSSR count). The fourth-order valence-electron chi connectivity index (χ4n) is 5.37. The first-order chi connectivity index (χ1) is 22.0. The molecule has 0 aliphatic carbocycles. The van der Waals surface area contributed by atoms with Crippen LogP contribution in [-0.4, -0.2) is 74.7 Å². The van der Waals surface area contributed by atoms with Gasteiger partial charge in [-0.15, -0.1) is 0 Å². The first-order valence-electron chi connectivity index (χ1n) is 16.6. The number of H-pyrrole nitrogens is 2. The van der Waals surface area contributed by atoms with E-state index in [1.807, 2.05) is 74.0 Å². The molecule has 0 aromatic carbocycles. The van der Waals surface area contributed by atoms with Crippen molar-refractivity contribution in [2.75, 3.05) is 0 Å². The van der Waals surface area contributed by atoms with Crippen molar-refractivity contribution >= 4 is 64.6 Å². The maximum atomic E-state index is 6.04. The van der Waals surface area contributed by atoms with Crippen molar-refractivity contribution < 1.29 is 27.9 Å². The third kappa shape index (κ3) is 7.71. The standard InChI is InChI=1S/C14H19BN2O2.C12H24B2O4.C8H7BrN2.CH4/c1-9-7-16-12-11(9)6-10(8-17-12)15-18-13(2,3)14(4,5)19-15;1-9(2)10(3,4)16-13(15-9)14-17-11(5,6)12(7,8)18-14;1-5-3-10-8-7(5)2-6(9)4-11-8;/h6-8H,1-5H3,(H,16,17);1-8H3;2-4H,1H3,(H,10,11);1H4. The number of fused-ring (bicyclic) bond motifs is 2. The fourth-order valence-corrected chi connectivity index (χ4v) is 5.70. The zero-order valence-corrected chi connectivity index (χ0v) is 32.5. The van der Waals surface area contributed by atoms with Crippen LogP contribution < -0.4 is 5.46 Å². The summed E-state index contributed by atoms with van der Waals surface area (Å²) in [6.07, 6.45) is 7.54. The van der Waals surface area contributed by atoms with Crippen LogP contribution in [0.2, 0.25) is 0 Å². The molecule has 0 unspecified atom stereocenters. The number of pyridine rings is 2. The minimum atomic E-state index is -0.476. The van der Waals surface area contributed by atoms with Crippen LogP contribution in [0.15, 0.2) is 41.4 Å². The Morgan fingerprint density at radius 3 is 1.31 bits per heavy atom. The smallest absolute Gasteiger partial charge is 0.405 e. The van der Waals surface area contributed by atoms with Crippen LogP contribution in [0, 0.1) is 13.8 Å². The lowest BCUT2D eigenvalue weighted by Crippen LogP contribution is -2.41. The summed E-state index contributed by atoms with van der Waals surface area (Å²) in [7, 11) is -1.30. The number of aromatic amines is 2. The molecule has 4 aromatic heterocycles. The molecule has 3 aliphatic rings. The molecule has 0 saturated carbocycles. The summed E-state index contributed by atoms with van der Waals surface area (Å²) >= 11 is 3.37. The van der Waals surface area contributed by atoms with Crippen molar-refractivity contribution in [3.63, 3.8) is 0 Å². The molecule has 14 heteroatoms. The van der Waals surface area contributed by atoms with Crippen molar-refractivity contribution in [3.05, 3.63) is 52.5 Å². The van der Waals surface area contributed by atoms with Crippen molar-refractivity contribution in [3.8, 4) is 0 Å². The van der Waals surface area contributed by atoms with E-state index in [9.17, 15) is 0 Å². The summed E-state index contributed by atoms with van der Waals surface area (Å²) in [5.41, 5.74) is 3.15. The second-order valence-corrected chi connectivity index (χ2v) is 16.9. The van der Waals surface area contributed by atoms with Gasteiger partial charge in [-0.25, -0.2) is 9.97 Å². The monoisotopic (exact) mass is 738 g/mol. The quantitative estimate of drug-likeness (QED) is 0.202. The van der Waals surface area contributed by atoms with Crippen LogP contribution in [0.3, 0.4) is 0 Å². The van der Waals surface area contributed by atoms with Gasteiger partial charge in [0.25, 0.3) is 0 Å². The number of halogens is 1. The Bertz CT molecular complexity index is 1710. The van der Waals surface area contributed by atoms with Crippen molar-refractivity contribution in [1.29, 1.82) is 0 Å². The van der Waals surface area contributed by atoms with Crippen molar-refractivity contribution in [1.82, 2.24) is 19.9 Å². The molecule has 4 aromatic rings. The van der Waals surface area contributed by atoms with E-state index in [1.54, 1.807) is 6.20 Å². The van der Waals surface area contributed by atoms with Gasteiger partial charge in [0, 0.05) is 45.5 Å². The van der Waals surface area contributed by atoms with Crippen LogP contribution >= 0.6 is 15.9 Å². The zero-order valence-electron chi connectivity index (χ0n) is 30.9. The van der Waals surface area contributed by atoms with Gasteiger partial charge in [-0.1, -0.05) is 7.43 Å². The highest BCUT2D eigenvalue weighted by molar-refractivity contribution is 9.10. The molecule has 3 fully saturated rings. The molecular formula is C35H54B3BrN4O6. The molecule has 266 valence electrons. The Kier molecular flexibility index (Phi) is 10.8. The number of rotatable bonds is 2. The first kappa shape index (κ1) is 39.6. The molecule has 3 aliphatic heterocycles. The Balaban J connectivity index is 0.000000169. The summed E-state index contributed by atoms with van der Waals surface area (Å²) in [6, 6.07) is 4.16. The Morgan fingerprint density at radius 1 is 0.551 bits per heavy atom. The van der Waals surface area contributed by atoms with Crippen LogP contribution in [0.1, 0.15) is 102 Å². The average Bonchev–Trinajstić information content (AvgIpc) is 3.69. The topological polar surface area (TPSA) is 113 Å². The van der Waals surface area contributed by atoms with Crippen LogP contribution in [0.4, 0.5) is 0 Å². The summed E-state index contributed by atoms with van der Waals surface area (Å²) in [5, 5.41) is 2.30. The van der Waals surface area contributed by atoms with Crippen LogP contribution in [0.5, 0.6) is 0 Å². The van der Waals surface area contributed by atoms with Gasteiger partial charge in [0.1, 0.15) is 11.3 Å². The molecule has 49 heavy (non-hydrogen) atoms. The Hall–Kier alpha value is -2.19. The van der Waals surface area contributed by atoms with E-state index in [4.69, 9.17) is 27.9 Å². The van der Waals surface area contributed by atoms with Gasteiger partial charge in [-0.05, 0) is 136 Å². The number of hydrogen-bond acceptors (Lipinski definition) is 8. The van der Waals surface area contributed by atoms with E-state index >= 15 is 0 Å². The summed E-state index contributed by atoms with van der Waals surface area (Å²) in [5.74, 6) is 0. The van der Waals surface area contributed by atoms with Gasteiger partial charge in [-0.2, -0.15) is 0 Å². The maximum Gasteiger partial charge on any atom is 0.496 e. The molecule has 3 saturated heterocycles. The largest absolute Gasteiger partial charge is 0.496 e. The molecule has 0 atom stereocenters. The molecular weight excluding hydrogens is 685 g/mol. The van der Waals surface area contributed by atoms with Gasteiger partial charge < -0.3 is 37.9 Å². The Labute approximate surface area is 302 Å². The van der Waals surface area contributed by atoms with Crippen molar-refractivity contribution in [2.45, 2.75) is 138 Å². The van der Waals surface area contributed by atoms with Gasteiger partial charge in [0.2, 0.25) is 0 Å². The normalized spacial score (nSPS) is 22.4. The second kappa shape index (κ2) is 13.4. The average molecular weight is 739 g/mol. The van der Waals surface area contributed by atoms with E-state index in [-0.39, 0.29) is 48.2 Å². The lowest BCUT2D eigenvalue weighted by molar-refractivity contribution is 0.00578. The predicted octanol–water partition coefficient (Wildman–Crippen LogP) is 7.69. The third-order valence-electron chi connectivity index (χ3n) is 10.8. The highest BCUT2D eigenvalue weighted by atomic mass is 79.9. The predicted molar refractivity (Wildman–Crippen MR) is 204 cm³/mol. The van der Waals surface area contributed by atoms with E-state index in [1.165, 1.54) is 16.5 Å². The van der Waals surface area contributed by atoms with Crippen molar-refractivity contribution in [2.24, 2.45) is 0 Å². The zero-order chi connectivity index (χ0) is 35.7. The number of nitrogens with zero attached hydrogens (tertiary/aromatic N) is 2. The number of aromatic nitrogens is 4. The second-order valence-electron chi connectivity index (χ2n) is 16.0. The summed E-state index contributed by atoms with van der Waals surface area (Å²) in [6.45, 7) is 28.6. The lowest BCUT2D eigenvalue weighted by Gasteiger charge is -2.32. The first-order valence-corrected chi connectivity index (χ1v) is 17.3. The summed E-state index contributed by atoms with van der Waals surface area (Å²) < 4.78 is 37.0. The molecule has 0 spiro atoms. The van der Waals surface area contributed by atoms with Gasteiger partial charge in [-0.3, -0.25) is 0 Å². The van der Waals surface area contributed by atoms with Gasteiger partial charge in [0.15, 0.2) is 0 Å². The SMILES string of the molecule is C.CC1(C)OB(B2OC(C)(C)C(C)(C)O2)OC1(C)C.Cc1c[nH]c2ncc(B3OC(C)(C)C(C)(C)O3)cc12.Cc1c[nH]c2ncc(Br)cc12. The minimum absolute atomic E-state index is 0. The molecule has 0 radical (unpaired) electrons. The maximum absolute atomic E-state index is 6.04. The van der Waals surface area contributed by atoms with E-state index in [2.05, 4.69) is 89.5 Å². The Morgan fingerprint density at radius 2 is 0.898 bits per heavy atom. The van der Waals surface area contributed by atoms with Crippen LogP contribution in [-0.2, 0) is 27.9 Å². The molecule has 0 bridgehead atoms. The highest BCUT2D eigenvalue weighted by Gasteiger charge is 2.63. The third-order valence-corrected chi connectivity index (χ3v) is 11.2. The van der Waals surface area contributed by atoms with E-state index < -0.39 is 14.0 Å². The number of aryl methyl sites for hydroxylation is 2. The van der Waals surface area contributed by atoms with E-state index in [0.717, 1.165) is 26.6 Å². The molecule has 2 N–H and O–H groups in total. The highest BCUT2D eigenvalue weighted by Crippen LogP contribution is 2.43. The molecule has 7 heterocycles. The number of hydrogen-bond donors (Lipinski definition) is 2. The van der Waals surface area contributed by atoms with Gasteiger partial charge >= 0.3 is 21.1 Å². The minimum Gasteiger partial charge on any atom is -0.405 e. The molecule has 10 nitrogen and oxygen atoms in total. The number of nitrogens with one attached hydrogen (secondary N) is 2. The fraction of sp³-hybridized carbons (Fsp3) is 0.600. The van der Waals surface area contributed by atoms with Crippen LogP contribution in [0.25, 0.3) is 22.1 Å². The van der Waals surface area contributed by atoms with E-state index in [0.29, 0.717) is 0 Å².